The fourth-order valence-corrected chi connectivity index (χ4v) is 6.78. The Labute approximate surface area is 221 Å². The summed E-state index contributed by atoms with van der Waals surface area (Å²) >= 11 is 0. The van der Waals surface area contributed by atoms with Gasteiger partial charge >= 0.3 is 6.18 Å². The summed E-state index contributed by atoms with van der Waals surface area (Å²) in [6.07, 6.45) is 4.09. The average Bonchev–Trinajstić information content (AvgIpc) is 3.42. The molecule has 6 rings (SSSR count). The molecule has 0 radical (unpaired) electrons. The quantitative estimate of drug-likeness (QED) is 0.414. The number of nitrogens with one attached hydrogen (secondary N) is 2. The number of rotatable bonds is 5. The lowest BCUT2D eigenvalue weighted by atomic mass is 9.79. The molecule has 3 aliphatic rings. The molecule has 0 spiro atoms. The van der Waals surface area contributed by atoms with Gasteiger partial charge in [0.25, 0.3) is 0 Å². The maximum atomic E-state index is 14.0. The highest BCUT2D eigenvalue weighted by molar-refractivity contribution is 5.92. The Bertz CT molecular complexity index is 1290. The molecular weight excluding hydrogens is 489 g/mol. The van der Waals surface area contributed by atoms with Crippen LogP contribution in [0.5, 0.6) is 0 Å². The van der Waals surface area contributed by atoms with Gasteiger partial charge in [0.05, 0.1) is 11.6 Å². The number of Topliss-reactive ketones (excluding diaryl/α,β-unsaturated/α-hetero) is 1. The van der Waals surface area contributed by atoms with Crippen molar-refractivity contribution < 1.29 is 18.0 Å². The number of benzene rings is 2. The number of alkyl halides is 3. The van der Waals surface area contributed by atoms with Crippen LogP contribution in [0.25, 0.3) is 10.9 Å². The highest BCUT2D eigenvalue weighted by Crippen LogP contribution is 2.37. The van der Waals surface area contributed by atoms with Crippen LogP contribution in [0, 0.1) is 5.92 Å². The van der Waals surface area contributed by atoms with E-state index in [1.807, 2.05) is 6.20 Å². The fraction of sp³-hybridized carbons (Fsp3) is 0.500. The molecule has 3 heterocycles. The molecule has 1 aliphatic carbocycles. The Kier molecular flexibility index (Phi) is 6.84. The van der Waals surface area contributed by atoms with Crippen LogP contribution in [-0.4, -0.2) is 53.9 Å². The van der Waals surface area contributed by atoms with Crippen molar-refractivity contribution in [3.8, 4) is 0 Å². The Morgan fingerprint density at radius 1 is 0.947 bits per heavy atom. The van der Waals surface area contributed by atoms with Crippen molar-refractivity contribution in [2.45, 2.75) is 63.2 Å². The molecule has 1 saturated heterocycles. The number of aromatic amines is 1. The van der Waals surface area contributed by atoms with E-state index in [9.17, 15) is 18.0 Å². The second kappa shape index (κ2) is 10.3. The number of ketones is 1. The van der Waals surface area contributed by atoms with Crippen molar-refractivity contribution >= 4 is 28.1 Å². The first kappa shape index (κ1) is 25.3. The van der Waals surface area contributed by atoms with Crippen molar-refractivity contribution in [2.24, 2.45) is 5.92 Å². The van der Waals surface area contributed by atoms with Gasteiger partial charge < -0.3 is 15.2 Å². The summed E-state index contributed by atoms with van der Waals surface area (Å²) in [4.78, 5) is 22.1. The van der Waals surface area contributed by atoms with Gasteiger partial charge in [0.2, 0.25) is 0 Å². The Morgan fingerprint density at radius 2 is 1.74 bits per heavy atom. The molecular formula is C30H35F3N4O. The zero-order valence-corrected chi connectivity index (χ0v) is 21.6. The molecule has 2 N–H and O–H groups in total. The number of halogens is 3. The van der Waals surface area contributed by atoms with Crippen molar-refractivity contribution in [3.05, 3.63) is 59.8 Å². The van der Waals surface area contributed by atoms with Crippen molar-refractivity contribution in [3.63, 3.8) is 0 Å². The number of H-pyrrole nitrogens is 1. The van der Waals surface area contributed by atoms with E-state index in [0.717, 1.165) is 69.1 Å². The molecule has 1 saturated carbocycles. The minimum Gasteiger partial charge on any atom is -0.380 e. The lowest BCUT2D eigenvalue weighted by Gasteiger charge is -2.45. The second-order valence-electron chi connectivity index (χ2n) is 11.1. The van der Waals surface area contributed by atoms with Gasteiger partial charge in [0.1, 0.15) is 0 Å². The Balaban J connectivity index is 1.22. The Morgan fingerprint density at radius 3 is 2.50 bits per heavy atom. The summed E-state index contributed by atoms with van der Waals surface area (Å²) < 4.78 is 39.8. The maximum Gasteiger partial charge on any atom is 0.416 e. The smallest absolute Gasteiger partial charge is 0.380 e. The summed E-state index contributed by atoms with van der Waals surface area (Å²) in [5, 5.41) is 4.72. The number of piperazine rings is 1. The lowest BCUT2D eigenvalue weighted by Crippen LogP contribution is -2.60. The highest BCUT2D eigenvalue weighted by Gasteiger charge is 2.40. The summed E-state index contributed by atoms with van der Waals surface area (Å²) in [6.45, 7) is 3.22. The predicted octanol–water partition coefficient (Wildman–Crippen LogP) is 6.25. The van der Waals surface area contributed by atoms with Crippen molar-refractivity contribution in [1.29, 1.82) is 0 Å². The van der Waals surface area contributed by atoms with Gasteiger partial charge in [-0.05, 0) is 67.6 Å². The molecule has 2 aliphatic heterocycles. The monoisotopic (exact) mass is 524 g/mol. The molecule has 2 aromatic carbocycles. The molecule has 2 fully saturated rings. The number of fused-ring (bicyclic) bond motifs is 2. The van der Waals surface area contributed by atoms with Crippen molar-refractivity contribution in [2.75, 3.05) is 36.4 Å². The van der Waals surface area contributed by atoms with E-state index in [1.165, 1.54) is 23.6 Å². The first-order chi connectivity index (χ1) is 18.4. The van der Waals surface area contributed by atoms with E-state index in [4.69, 9.17) is 0 Å². The van der Waals surface area contributed by atoms with E-state index in [1.54, 1.807) is 6.07 Å². The summed E-state index contributed by atoms with van der Waals surface area (Å²) in [5.41, 5.74) is 3.13. The van der Waals surface area contributed by atoms with Gasteiger partial charge in [-0.2, -0.15) is 13.2 Å². The molecule has 202 valence electrons. The zero-order valence-electron chi connectivity index (χ0n) is 21.6. The number of carbonyl (C=O) groups excluding carboxylic acids is 1. The average molecular weight is 525 g/mol. The maximum absolute atomic E-state index is 14.0. The minimum atomic E-state index is -4.35. The lowest BCUT2D eigenvalue weighted by molar-refractivity contribution is -0.137. The number of aromatic nitrogens is 1. The number of carbonyl (C=O) groups is 1. The molecule has 0 bridgehead atoms. The largest absolute Gasteiger partial charge is 0.416 e. The van der Waals surface area contributed by atoms with E-state index in [2.05, 4.69) is 44.4 Å². The number of hydrogen-bond donors (Lipinski definition) is 2. The van der Waals surface area contributed by atoms with Gasteiger partial charge in [0, 0.05) is 66.6 Å². The van der Waals surface area contributed by atoms with Crippen molar-refractivity contribution in [1.82, 2.24) is 9.88 Å². The molecule has 2 atom stereocenters. The van der Waals surface area contributed by atoms with Crippen LogP contribution in [-0.2, 0) is 17.4 Å². The first-order valence-corrected chi connectivity index (χ1v) is 13.9. The van der Waals surface area contributed by atoms with Crippen LogP contribution in [0.15, 0.2) is 48.7 Å². The second-order valence-corrected chi connectivity index (χ2v) is 11.1. The topological polar surface area (TPSA) is 51.4 Å². The van der Waals surface area contributed by atoms with E-state index in [-0.39, 0.29) is 18.0 Å². The SMILES string of the molecule is O=C(C1CCCCC1)C(C1CCc2cc(C(F)(F)F)ccc2N1)N1CCN(c2cccc3[nH]ccc23)CC1. The van der Waals surface area contributed by atoms with Crippen LogP contribution < -0.4 is 10.2 Å². The molecule has 38 heavy (non-hydrogen) atoms. The molecule has 1 aromatic heterocycles. The van der Waals surface area contributed by atoms with Gasteiger partial charge in [-0.15, -0.1) is 0 Å². The van der Waals surface area contributed by atoms with Gasteiger partial charge in [0.15, 0.2) is 5.78 Å². The molecule has 3 aromatic rings. The van der Waals surface area contributed by atoms with Gasteiger partial charge in [-0.25, -0.2) is 0 Å². The predicted molar refractivity (Wildman–Crippen MR) is 145 cm³/mol. The van der Waals surface area contributed by atoms with Crippen LogP contribution in [0.3, 0.4) is 0 Å². The standard InChI is InChI=1S/C30H35F3N4O/c31-30(32,33)22-10-12-24-21(19-22)9-11-26(35-24)28(29(38)20-5-2-1-3-6-20)37-17-15-36(16-18-37)27-8-4-7-25-23(27)13-14-34-25/h4,7-8,10,12-14,19-20,26,28,34-35H,1-3,5-6,9,11,15-18H2. The summed E-state index contributed by atoms with van der Waals surface area (Å²) in [6, 6.07) is 12.0. The van der Waals surface area contributed by atoms with Crippen LogP contribution >= 0.6 is 0 Å². The first-order valence-electron chi connectivity index (χ1n) is 13.9. The highest BCUT2D eigenvalue weighted by atomic mass is 19.4. The minimum absolute atomic E-state index is 0.0798. The third kappa shape index (κ3) is 4.91. The molecule has 2 unspecified atom stereocenters. The zero-order chi connectivity index (χ0) is 26.3. The van der Waals surface area contributed by atoms with E-state index in [0.29, 0.717) is 24.2 Å². The van der Waals surface area contributed by atoms with Crippen LogP contribution in [0.4, 0.5) is 24.5 Å². The van der Waals surface area contributed by atoms with E-state index >= 15 is 0 Å². The normalized spacial score (nSPS) is 22.2. The van der Waals surface area contributed by atoms with Gasteiger partial charge in [-0.1, -0.05) is 25.3 Å². The number of anilines is 2. The third-order valence-electron chi connectivity index (χ3n) is 8.80. The molecule has 8 heteroatoms. The number of aryl methyl sites for hydroxylation is 1. The fourth-order valence-electron chi connectivity index (χ4n) is 6.78. The van der Waals surface area contributed by atoms with Crippen LogP contribution in [0.2, 0.25) is 0 Å². The Hall–Kier alpha value is -3.00. The van der Waals surface area contributed by atoms with Crippen LogP contribution in [0.1, 0.15) is 49.7 Å². The summed E-state index contributed by atoms with van der Waals surface area (Å²) in [7, 11) is 0. The number of hydrogen-bond acceptors (Lipinski definition) is 4. The number of nitrogens with zero attached hydrogens (tertiary/aromatic N) is 2. The molecule has 5 nitrogen and oxygen atoms in total. The van der Waals surface area contributed by atoms with E-state index < -0.39 is 11.7 Å². The van der Waals surface area contributed by atoms with Gasteiger partial charge in [-0.3, -0.25) is 9.69 Å². The molecule has 0 amide bonds. The summed E-state index contributed by atoms with van der Waals surface area (Å²) in [5.74, 6) is 0.398. The third-order valence-corrected chi connectivity index (χ3v) is 8.80.